The minimum Gasteiger partial charge on any atom is -0.326 e. The molecular formula is C21H19Cl3N4O3S. The van der Waals surface area contributed by atoms with Gasteiger partial charge in [-0.05, 0) is 18.6 Å². The Kier molecular flexibility index (Phi) is 6.02. The molecular weight excluding hydrogens is 495 g/mol. The Balaban J connectivity index is 1.91. The molecule has 11 heteroatoms. The number of anilines is 1. The summed E-state index contributed by atoms with van der Waals surface area (Å²) in [5.41, 5.74) is 1.77. The van der Waals surface area contributed by atoms with Crippen molar-refractivity contribution in [2.24, 2.45) is 11.1 Å². The predicted octanol–water partition coefficient (Wildman–Crippen LogP) is 4.67. The molecule has 1 fully saturated rings. The van der Waals surface area contributed by atoms with Crippen LogP contribution in [0.2, 0.25) is 5.02 Å². The van der Waals surface area contributed by atoms with E-state index in [1.165, 1.54) is 6.92 Å². The zero-order valence-corrected chi connectivity index (χ0v) is 19.9. The molecule has 32 heavy (non-hydrogen) atoms. The number of nitrogens with one attached hydrogen (secondary N) is 1. The van der Waals surface area contributed by atoms with Crippen LogP contribution in [0.5, 0.6) is 0 Å². The highest BCUT2D eigenvalue weighted by Crippen LogP contribution is 2.54. The van der Waals surface area contributed by atoms with Gasteiger partial charge in [-0.25, -0.2) is 13.6 Å². The highest BCUT2D eigenvalue weighted by atomic mass is 35.5. The molecule has 1 saturated carbocycles. The third-order valence-electron chi connectivity index (χ3n) is 5.20. The van der Waals surface area contributed by atoms with Crippen molar-refractivity contribution in [3.8, 4) is 22.3 Å². The number of nitrogens with zero attached hydrogens (tertiary/aromatic N) is 2. The summed E-state index contributed by atoms with van der Waals surface area (Å²) in [5, 5.41) is 13.0. The summed E-state index contributed by atoms with van der Waals surface area (Å²) in [6.45, 7) is 1.83. The fraction of sp³-hybridized carbons (Fsp3) is 0.238. The molecule has 0 bridgehead atoms. The van der Waals surface area contributed by atoms with Gasteiger partial charge in [0.15, 0.2) is 0 Å². The van der Waals surface area contributed by atoms with Crippen LogP contribution in [0.15, 0.2) is 53.7 Å². The van der Waals surface area contributed by atoms with Crippen LogP contribution in [0.1, 0.15) is 13.3 Å². The number of halogens is 3. The first-order valence-corrected chi connectivity index (χ1v) is 12.3. The number of aromatic nitrogens is 2. The van der Waals surface area contributed by atoms with Crippen LogP contribution in [-0.2, 0) is 21.4 Å². The number of alkyl halides is 2. The maximum Gasteiger partial charge on any atom is 0.239 e. The second kappa shape index (κ2) is 8.35. The molecule has 3 N–H and O–H groups in total. The molecule has 0 spiro atoms. The molecule has 1 aromatic heterocycles. The van der Waals surface area contributed by atoms with E-state index in [-0.39, 0.29) is 28.0 Å². The van der Waals surface area contributed by atoms with Crippen LogP contribution in [0.4, 0.5) is 5.69 Å². The number of carbonyl (C=O) groups excluding carboxylic acids is 1. The number of hydrogen-bond donors (Lipinski definition) is 2. The number of hydrogen-bond acceptors (Lipinski definition) is 4. The summed E-state index contributed by atoms with van der Waals surface area (Å²) >= 11 is 18.6. The summed E-state index contributed by atoms with van der Waals surface area (Å²) in [4.78, 5) is 11.6. The zero-order chi connectivity index (χ0) is 23.3. The third kappa shape index (κ3) is 4.65. The number of primary sulfonamides is 1. The van der Waals surface area contributed by atoms with Crippen LogP contribution in [0, 0.1) is 5.92 Å². The third-order valence-corrected chi connectivity index (χ3v) is 7.45. The summed E-state index contributed by atoms with van der Waals surface area (Å²) in [7, 11) is -4.24. The van der Waals surface area contributed by atoms with E-state index >= 15 is 0 Å². The molecule has 1 aliphatic carbocycles. The van der Waals surface area contributed by atoms with Crippen LogP contribution in [-0.4, -0.2) is 28.4 Å². The van der Waals surface area contributed by atoms with E-state index in [0.717, 1.165) is 0 Å². The van der Waals surface area contributed by atoms with Gasteiger partial charge in [-0.2, -0.15) is 5.10 Å². The van der Waals surface area contributed by atoms with Crippen molar-refractivity contribution in [1.82, 2.24) is 9.78 Å². The van der Waals surface area contributed by atoms with Gasteiger partial charge in [0.1, 0.15) is 4.33 Å². The van der Waals surface area contributed by atoms with Crippen molar-refractivity contribution in [1.29, 1.82) is 0 Å². The lowest BCUT2D eigenvalue weighted by atomic mass is 9.98. The van der Waals surface area contributed by atoms with Gasteiger partial charge in [-0.1, -0.05) is 35.9 Å². The van der Waals surface area contributed by atoms with Gasteiger partial charge < -0.3 is 5.32 Å². The first-order chi connectivity index (χ1) is 15.0. The smallest absolute Gasteiger partial charge is 0.239 e. The molecule has 168 valence electrons. The lowest BCUT2D eigenvalue weighted by Crippen LogP contribution is -2.17. The van der Waals surface area contributed by atoms with Gasteiger partial charge >= 0.3 is 0 Å². The van der Waals surface area contributed by atoms with E-state index in [0.29, 0.717) is 34.7 Å². The average Bonchev–Trinajstić information content (AvgIpc) is 3.07. The minimum absolute atomic E-state index is 0.0668. The number of rotatable bonds is 6. The lowest BCUT2D eigenvalue weighted by Gasteiger charge is -2.18. The summed E-state index contributed by atoms with van der Waals surface area (Å²) in [6, 6.07) is 9.93. The van der Waals surface area contributed by atoms with Crippen molar-refractivity contribution in [2.45, 2.75) is 29.1 Å². The standard InChI is InChI=1S/C21H19Cl3N4O3S/c1-12(29)27-18-7-6-15(13-9-26-28(10-13)11-14-8-21(14,23)24)20(32(25,30)31)19(18)16-4-2-3-5-17(16)22/h2-7,9-10,14H,8,11H2,1H3,(H,27,29)(H2,25,30,31). The van der Waals surface area contributed by atoms with Crippen molar-refractivity contribution in [2.75, 3.05) is 5.32 Å². The predicted molar refractivity (Wildman–Crippen MR) is 126 cm³/mol. The van der Waals surface area contributed by atoms with Gasteiger partial charge in [0.2, 0.25) is 15.9 Å². The SMILES string of the molecule is CC(=O)Nc1ccc(-c2cnn(CC3CC3(Cl)Cl)c2)c(S(N)(=O)=O)c1-c1ccccc1Cl. The maximum absolute atomic E-state index is 12.8. The zero-order valence-electron chi connectivity index (χ0n) is 16.8. The molecule has 1 unspecified atom stereocenters. The average molecular weight is 514 g/mol. The van der Waals surface area contributed by atoms with Crippen LogP contribution in [0.3, 0.4) is 0 Å². The summed E-state index contributed by atoms with van der Waals surface area (Å²) in [6.07, 6.45) is 3.92. The van der Waals surface area contributed by atoms with Crippen molar-refractivity contribution in [3.05, 3.63) is 53.8 Å². The topological polar surface area (TPSA) is 107 Å². The second-order valence-corrected chi connectivity index (χ2v) is 11.1. The van der Waals surface area contributed by atoms with Gasteiger partial charge in [-0.15, -0.1) is 23.2 Å². The monoisotopic (exact) mass is 512 g/mol. The van der Waals surface area contributed by atoms with E-state index in [1.807, 2.05) is 0 Å². The Morgan fingerprint density at radius 3 is 2.53 bits per heavy atom. The van der Waals surface area contributed by atoms with Crippen molar-refractivity contribution in [3.63, 3.8) is 0 Å². The first kappa shape index (κ1) is 23.1. The summed E-state index contributed by atoms with van der Waals surface area (Å²) < 4.78 is 26.5. The normalized spacial score (nSPS) is 17.2. The number of nitrogens with two attached hydrogens (primary N) is 1. The number of sulfonamides is 1. The number of benzene rings is 2. The maximum atomic E-state index is 12.8. The van der Waals surface area contributed by atoms with E-state index in [9.17, 15) is 13.2 Å². The van der Waals surface area contributed by atoms with Crippen LogP contribution < -0.4 is 10.5 Å². The number of amides is 1. The molecule has 4 rings (SSSR count). The van der Waals surface area contributed by atoms with Gasteiger partial charge in [0, 0.05) is 52.9 Å². The highest BCUT2D eigenvalue weighted by molar-refractivity contribution is 7.89. The Morgan fingerprint density at radius 1 is 1.25 bits per heavy atom. The van der Waals surface area contributed by atoms with Gasteiger partial charge in [0.25, 0.3) is 0 Å². The molecule has 0 radical (unpaired) electrons. The van der Waals surface area contributed by atoms with E-state index in [2.05, 4.69) is 10.4 Å². The Hall–Kier alpha value is -2.10. The second-order valence-electron chi connectivity index (χ2n) is 7.68. The van der Waals surface area contributed by atoms with E-state index in [1.54, 1.807) is 53.5 Å². The number of carbonyl (C=O) groups is 1. The van der Waals surface area contributed by atoms with Crippen molar-refractivity contribution >= 4 is 56.4 Å². The molecule has 1 atom stereocenters. The Bertz CT molecular complexity index is 1320. The molecule has 0 aliphatic heterocycles. The molecule has 1 aliphatic rings. The molecule has 7 nitrogen and oxygen atoms in total. The lowest BCUT2D eigenvalue weighted by molar-refractivity contribution is -0.114. The van der Waals surface area contributed by atoms with Crippen molar-refractivity contribution < 1.29 is 13.2 Å². The summed E-state index contributed by atoms with van der Waals surface area (Å²) in [5.74, 6) is -0.300. The fourth-order valence-corrected chi connectivity index (χ4v) is 5.36. The van der Waals surface area contributed by atoms with Crippen LogP contribution in [0.25, 0.3) is 22.3 Å². The Labute approximate surface area is 200 Å². The molecule has 1 amide bonds. The minimum atomic E-state index is -4.24. The molecule has 2 aromatic carbocycles. The fourth-order valence-electron chi connectivity index (χ4n) is 3.63. The van der Waals surface area contributed by atoms with Gasteiger partial charge in [-0.3, -0.25) is 9.48 Å². The van der Waals surface area contributed by atoms with E-state index in [4.69, 9.17) is 39.9 Å². The molecule has 0 saturated heterocycles. The Morgan fingerprint density at radius 2 is 1.94 bits per heavy atom. The molecule has 1 heterocycles. The highest BCUT2D eigenvalue weighted by Gasteiger charge is 2.51. The van der Waals surface area contributed by atoms with Crippen LogP contribution >= 0.6 is 34.8 Å². The van der Waals surface area contributed by atoms with Gasteiger partial charge in [0.05, 0.1) is 16.8 Å². The quantitative estimate of drug-likeness (QED) is 0.467. The largest absolute Gasteiger partial charge is 0.326 e. The van der Waals surface area contributed by atoms with E-state index < -0.39 is 14.4 Å². The first-order valence-electron chi connectivity index (χ1n) is 9.60. The molecule has 3 aromatic rings.